The van der Waals surface area contributed by atoms with Crippen LogP contribution in [0.1, 0.15) is 5.56 Å². The molecule has 0 radical (unpaired) electrons. The van der Waals surface area contributed by atoms with Crippen molar-refractivity contribution in [3.05, 3.63) is 96.8 Å². The third-order valence-corrected chi connectivity index (χ3v) is 4.98. The first-order valence-corrected chi connectivity index (χ1v) is 9.70. The number of fused-ring (bicyclic) bond motifs is 1. The molecular weight excluding hydrogens is 386 g/mol. The first-order chi connectivity index (χ1) is 15.2. The number of hydrogen-bond acceptors (Lipinski definition) is 5. The Bertz CT molecular complexity index is 1420. The van der Waals surface area contributed by atoms with Crippen LogP contribution in [-0.4, -0.2) is 14.4 Å². The van der Waals surface area contributed by atoms with Gasteiger partial charge in [0.2, 0.25) is 0 Å². The number of nitrogens with zero attached hydrogens (tertiary/aromatic N) is 4. The number of anilines is 1. The Morgan fingerprint density at radius 2 is 1.58 bits per heavy atom. The maximum absolute atomic E-state index is 9.54. The zero-order chi connectivity index (χ0) is 21.2. The predicted octanol–water partition coefficient (Wildman–Crippen LogP) is 5.31. The summed E-state index contributed by atoms with van der Waals surface area (Å²) in [5, 5.41) is 9.54. The van der Waals surface area contributed by atoms with Crippen LogP contribution >= 0.6 is 0 Å². The number of benzene rings is 3. The number of nitrogen functional groups attached to an aromatic ring is 1. The second kappa shape index (κ2) is 7.65. The zero-order valence-electron chi connectivity index (χ0n) is 16.4. The van der Waals surface area contributed by atoms with Crippen molar-refractivity contribution in [2.45, 2.75) is 0 Å². The first kappa shape index (κ1) is 18.4. The van der Waals surface area contributed by atoms with Crippen LogP contribution in [0.2, 0.25) is 0 Å². The van der Waals surface area contributed by atoms with Gasteiger partial charge in [0.15, 0.2) is 0 Å². The third-order valence-electron chi connectivity index (χ3n) is 4.98. The zero-order valence-corrected chi connectivity index (χ0v) is 16.4. The molecule has 2 heterocycles. The lowest BCUT2D eigenvalue weighted by Gasteiger charge is -2.06. The summed E-state index contributed by atoms with van der Waals surface area (Å²) >= 11 is 0. The lowest BCUT2D eigenvalue weighted by Crippen LogP contribution is -1.97. The van der Waals surface area contributed by atoms with Crippen LogP contribution < -0.4 is 10.5 Å². The number of nitrogens with two attached hydrogens (primary N) is 1. The monoisotopic (exact) mass is 403 g/mol. The van der Waals surface area contributed by atoms with Gasteiger partial charge in [0.05, 0.1) is 11.6 Å². The summed E-state index contributed by atoms with van der Waals surface area (Å²) in [5.41, 5.74) is 9.77. The summed E-state index contributed by atoms with van der Waals surface area (Å²) in [4.78, 5) is 9.11. The third kappa shape index (κ3) is 3.34. The van der Waals surface area contributed by atoms with E-state index in [1.165, 1.54) is 0 Å². The lowest BCUT2D eigenvalue weighted by molar-refractivity contribution is 0.483. The molecule has 2 aromatic heterocycles. The SMILES string of the molecule is N#Cc1ccccc1-c1nc(-c2ccc(Oc3ccccc3)cc2)c2c(N)nccn12. The maximum atomic E-state index is 9.54. The van der Waals surface area contributed by atoms with E-state index in [1.807, 2.05) is 77.2 Å². The molecule has 0 atom stereocenters. The van der Waals surface area contributed by atoms with Crippen molar-refractivity contribution in [2.24, 2.45) is 0 Å². The Morgan fingerprint density at radius 3 is 2.35 bits per heavy atom. The maximum Gasteiger partial charge on any atom is 0.150 e. The highest BCUT2D eigenvalue weighted by molar-refractivity contribution is 5.88. The Balaban J connectivity index is 1.62. The number of para-hydroxylation sites is 1. The molecule has 0 aliphatic heterocycles. The van der Waals surface area contributed by atoms with Crippen molar-refractivity contribution in [3.8, 4) is 40.2 Å². The van der Waals surface area contributed by atoms with Crippen molar-refractivity contribution < 1.29 is 4.74 Å². The molecule has 0 spiro atoms. The van der Waals surface area contributed by atoms with Gasteiger partial charge in [0, 0.05) is 23.5 Å². The normalized spacial score (nSPS) is 10.7. The number of hydrogen-bond donors (Lipinski definition) is 1. The van der Waals surface area contributed by atoms with Crippen molar-refractivity contribution >= 4 is 11.3 Å². The second-order valence-corrected chi connectivity index (χ2v) is 6.91. The number of aromatic nitrogens is 3. The van der Waals surface area contributed by atoms with Gasteiger partial charge in [-0.2, -0.15) is 5.26 Å². The molecule has 0 saturated heterocycles. The van der Waals surface area contributed by atoms with E-state index in [2.05, 4.69) is 11.1 Å². The van der Waals surface area contributed by atoms with Crippen molar-refractivity contribution in [1.82, 2.24) is 14.4 Å². The van der Waals surface area contributed by atoms with E-state index in [0.29, 0.717) is 28.4 Å². The molecule has 31 heavy (non-hydrogen) atoms. The molecule has 6 heteroatoms. The smallest absolute Gasteiger partial charge is 0.150 e. The Labute approximate surface area is 178 Å². The van der Waals surface area contributed by atoms with Gasteiger partial charge >= 0.3 is 0 Å². The number of rotatable bonds is 4. The Hall–Kier alpha value is -4.63. The fourth-order valence-corrected chi connectivity index (χ4v) is 3.54. The molecule has 5 aromatic rings. The molecule has 3 aromatic carbocycles. The number of ether oxygens (including phenoxy) is 1. The topological polar surface area (TPSA) is 89.2 Å². The minimum Gasteiger partial charge on any atom is -0.457 e. The average Bonchev–Trinajstić information content (AvgIpc) is 3.21. The lowest BCUT2D eigenvalue weighted by atomic mass is 10.1. The van der Waals surface area contributed by atoms with E-state index in [0.717, 1.165) is 22.6 Å². The summed E-state index contributed by atoms with van der Waals surface area (Å²) in [5.74, 6) is 2.50. The Kier molecular flexibility index (Phi) is 4.54. The van der Waals surface area contributed by atoms with Gasteiger partial charge in [-0.15, -0.1) is 0 Å². The molecule has 0 amide bonds. The summed E-state index contributed by atoms with van der Waals surface area (Å²) < 4.78 is 7.76. The van der Waals surface area contributed by atoms with E-state index in [9.17, 15) is 5.26 Å². The molecule has 148 valence electrons. The molecule has 0 unspecified atom stereocenters. The fraction of sp³-hybridized carbons (Fsp3) is 0. The van der Waals surface area contributed by atoms with E-state index < -0.39 is 0 Å². The van der Waals surface area contributed by atoms with Crippen LogP contribution in [0.5, 0.6) is 11.5 Å². The highest BCUT2D eigenvalue weighted by Crippen LogP contribution is 2.34. The average molecular weight is 403 g/mol. The first-order valence-electron chi connectivity index (χ1n) is 9.70. The largest absolute Gasteiger partial charge is 0.457 e. The predicted molar refractivity (Wildman–Crippen MR) is 120 cm³/mol. The van der Waals surface area contributed by atoms with Gasteiger partial charge in [0.1, 0.15) is 34.4 Å². The van der Waals surface area contributed by atoms with Crippen LogP contribution in [0.25, 0.3) is 28.2 Å². The van der Waals surface area contributed by atoms with Gasteiger partial charge in [-0.05, 0) is 48.5 Å². The number of imidazole rings is 1. The van der Waals surface area contributed by atoms with Crippen LogP contribution in [0.3, 0.4) is 0 Å². The summed E-state index contributed by atoms with van der Waals surface area (Å²) in [6, 6.07) is 26.9. The molecule has 6 nitrogen and oxygen atoms in total. The molecule has 0 bridgehead atoms. The van der Waals surface area contributed by atoms with E-state index in [4.69, 9.17) is 15.5 Å². The number of nitriles is 1. The van der Waals surface area contributed by atoms with Crippen molar-refractivity contribution in [3.63, 3.8) is 0 Å². The molecular formula is C25H17N5O. The van der Waals surface area contributed by atoms with Gasteiger partial charge in [-0.1, -0.05) is 30.3 Å². The second-order valence-electron chi connectivity index (χ2n) is 6.91. The van der Waals surface area contributed by atoms with Crippen LogP contribution in [0.15, 0.2) is 91.3 Å². The van der Waals surface area contributed by atoms with E-state index >= 15 is 0 Å². The quantitative estimate of drug-likeness (QED) is 0.439. The van der Waals surface area contributed by atoms with E-state index in [1.54, 1.807) is 18.5 Å². The van der Waals surface area contributed by atoms with Gasteiger partial charge in [-0.3, -0.25) is 4.40 Å². The molecule has 0 saturated carbocycles. The standard InChI is InChI=1S/C25H17N5O/c26-16-18-6-4-5-9-21(18)25-29-22(23-24(27)28-14-15-30(23)25)17-10-12-20(13-11-17)31-19-7-2-1-3-8-19/h1-15H,(H2,27,28). The molecule has 0 fully saturated rings. The minimum absolute atomic E-state index is 0.371. The highest BCUT2D eigenvalue weighted by Gasteiger charge is 2.19. The summed E-state index contributed by atoms with van der Waals surface area (Å²) in [6.07, 6.45) is 3.43. The fourth-order valence-electron chi connectivity index (χ4n) is 3.54. The minimum atomic E-state index is 0.371. The molecule has 2 N–H and O–H groups in total. The van der Waals surface area contributed by atoms with Crippen LogP contribution in [0, 0.1) is 11.3 Å². The van der Waals surface area contributed by atoms with Crippen molar-refractivity contribution in [2.75, 3.05) is 5.73 Å². The van der Waals surface area contributed by atoms with Crippen molar-refractivity contribution in [1.29, 1.82) is 5.26 Å². The summed E-state index contributed by atoms with van der Waals surface area (Å²) in [7, 11) is 0. The van der Waals surface area contributed by atoms with E-state index in [-0.39, 0.29) is 0 Å². The van der Waals surface area contributed by atoms with Gasteiger partial charge in [-0.25, -0.2) is 9.97 Å². The Morgan fingerprint density at radius 1 is 0.871 bits per heavy atom. The molecule has 5 rings (SSSR count). The van der Waals surface area contributed by atoms with Gasteiger partial charge < -0.3 is 10.5 Å². The highest BCUT2D eigenvalue weighted by atomic mass is 16.5. The van der Waals surface area contributed by atoms with Gasteiger partial charge in [0.25, 0.3) is 0 Å². The molecule has 0 aliphatic rings. The van der Waals surface area contributed by atoms with Crippen LogP contribution in [-0.2, 0) is 0 Å². The van der Waals surface area contributed by atoms with Crippen LogP contribution in [0.4, 0.5) is 5.82 Å². The summed E-state index contributed by atoms with van der Waals surface area (Å²) in [6.45, 7) is 0. The molecule has 0 aliphatic carbocycles.